The topological polar surface area (TPSA) is 55.1 Å². The van der Waals surface area contributed by atoms with Crippen molar-refractivity contribution in [2.75, 3.05) is 0 Å². The zero-order chi connectivity index (χ0) is 12.3. The van der Waals surface area contributed by atoms with E-state index in [9.17, 15) is 4.79 Å². The summed E-state index contributed by atoms with van der Waals surface area (Å²) in [5, 5.41) is 6.32. The standard InChI is InChI=1S/C12H11BrN2O2/c1-8-2-3-9(6-11(8)13)12(16)14-7-10-4-5-15-17-10/h2-6H,7H2,1H3,(H,14,16). The van der Waals surface area contributed by atoms with E-state index in [4.69, 9.17) is 4.52 Å². The molecule has 1 N–H and O–H groups in total. The molecule has 4 nitrogen and oxygen atoms in total. The van der Waals surface area contributed by atoms with Crippen LogP contribution in [0.3, 0.4) is 0 Å². The number of hydrogen-bond donors (Lipinski definition) is 1. The maximum atomic E-state index is 11.8. The van der Waals surface area contributed by atoms with Crippen molar-refractivity contribution in [3.63, 3.8) is 0 Å². The SMILES string of the molecule is Cc1ccc(C(=O)NCc2ccno2)cc1Br. The van der Waals surface area contributed by atoms with Gasteiger partial charge in [-0.1, -0.05) is 27.2 Å². The number of aryl methyl sites for hydroxylation is 1. The van der Waals surface area contributed by atoms with Crippen molar-refractivity contribution in [3.05, 3.63) is 51.8 Å². The Balaban J connectivity index is 2.02. The lowest BCUT2D eigenvalue weighted by Gasteiger charge is -2.04. The lowest BCUT2D eigenvalue weighted by Crippen LogP contribution is -2.22. The fraction of sp³-hybridized carbons (Fsp3) is 0.167. The average molecular weight is 295 g/mol. The Kier molecular flexibility index (Phi) is 3.58. The van der Waals surface area contributed by atoms with Crippen LogP contribution in [0.5, 0.6) is 0 Å². The van der Waals surface area contributed by atoms with Crippen LogP contribution in [0.4, 0.5) is 0 Å². The summed E-state index contributed by atoms with van der Waals surface area (Å²) in [4.78, 5) is 11.8. The summed E-state index contributed by atoms with van der Waals surface area (Å²) in [6, 6.07) is 7.19. The molecule has 0 aliphatic heterocycles. The summed E-state index contributed by atoms with van der Waals surface area (Å²) >= 11 is 3.40. The van der Waals surface area contributed by atoms with Crippen LogP contribution in [-0.2, 0) is 6.54 Å². The monoisotopic (exact) mass is 294 g/mol. The lowest BCUT2D eigenvalue weighted by atomic mass is 10.1. The first kappa shape index (κ1) is 11.9. The molecular formula is C12H11BrN2O2. The van der Waals surface area contributed by atoms with E-state index in [1.165, 1.54) is 0 Å². The van der Waals surface area contributed by atoms with E-state index >= 15 is 0 Å². The van der Waals surface area contributed by atoms with Crippen LogP contribution in [0, 0.1) is 6.92 Å². The van der Waals surface area contributed by atoms with E-state index in [2.05, 4.69) is 26.4 Å². The zero-order valence-corrected chi connectivity index (χ0v) is 10.8. The summed E-state index contributed by atoms with van der Waals surface area (Å²) in [6.07, 6.45) is 1.55. The minimum atomic E-state index is -0.137. The van der Waals surface area contributed by atoms with Gasteiger partial charge in [0.2, 0.25) is 0 Å². The van der Waals surface area contributed by atoms with Crippen molar-refractivity contribution in [2.24, 2.45) is 0 Å². The van der Waals surface area contributed by atoms with Gasteiger partial charge in [0.25, 0.3) is 5.91 Å². The number of carbonyl (C=O) groups is 1. The van der Waals surface area contributed by atoms with Crippen molar-refractivity contribution < 1.29 is 9.32 Å². The summed E-state index contributed by atoms with van der Waals surface area (Å²) in [5.41, 5.74) is 1.71. The maximum Gasteiger partial charge on any atom is 0.251 e. The van der Waals surface area contributed by atoms with Crippen molar-refractivity contribution >= 4 is 21.8 Å². The van der Waals surface area contributed by atoms with Gasteiger partial charge >= 0.3 is 0 Å². The summed E-state index contributed by atoms with van der Waals surface area (Å²) in [6.45, 7) is 2.31. The molecule has 17 heavy (non-hydrogen) atoms. The molecule has 0 radical (unpaired) electrons. The third-order valence-corrected chi connectivity index (χ3v) is 3.20. The number of rotatable bonds is 3. The minimum Gasteiger partial charge on any atom is -0.360 e. The Morgan fingerprint density at radius 3 is 2.94 bits per heavy atom. The third kappa shape index (κ3) is 2.94. The van der Waals surface area contributed by atoms with Gasteiger partial charge in [-0.15, -0.1) is 0 Å². The van der Waals surface area contributed by atoms with E-state index < -0.39 is 0 Å². The molecule has 0 aliphatic carbocycles. The maximum absolute atomic E-state index is 11.8. The van der Waals surface area contributed by atoms with Crippen molar-refractivity contribution in [1.82, 2.24) is 10.5 Å². The Labute approximate surface area is 107 Å². The molecule has 0 atom stereocenters. The number of benzene rings is 1. The largest absolute Gasteiger partial charge is 0.360 e. The van der Waals surface area contributed by atoms with Crippen molar-refractivity contribution in [2.45, 2.75) is 13.5 Å². The second-order valence-corrected chi connectivity index (χ2v) is 4.48. The van der Waals surface area contributed by atoms with Gasteiger partial charge in [-0.2, -0.15) is 0 Å². The van der Waals surface area contributed by atoms with Crippen LogP contribution in [0.2, 0.25) is 0 Å². The Bertz CT molecular complexity index is 523. The highest BCUT2D eigenvalue weighted by Gasteiger charge is 2.07. The Hall–Kier alpha value is -1.62. The van der Waals surface area contributed by atoms with Gasteiger partial charge < -0.3 is 9.84 Å². The molecule has 0 saturated carbocycles. The van der Waals surface area contributed by atoms with Gasteiger partial charge in [-0.25, -0.2) is 0 Å². The Morgan fingerprint density at radius 1 is 1.47 bits per heavy atom. The molecule has 1 aromatic carbocycles. The number of carbonyl (C=O) groups excluding carboxylic acids is 1. The van der Waals surface area contributed by atoms with E-state index in [0.29, 0.717) is 17.9 Å². The summed E-state index contributed by atoms with van der Waals surface area (Å²) < 4.78 is 5.81. The molecule has 0 fully saturated rings. The molecular weight excluding hydrogens is 284 g/mol. The van der Waals surface area contributed by atoms with E-state index in [0.717, 1.165) is 10.0 Å². The highest BCUT2D eigenvalue weighted by Crippen LogP contribution is 2.17. The number of aromatic nitrogens is 1. The average Bonchev–Trinajstić information content (AvgIpc) is 2.82. The summed E-state index contributed by atoms with van der Waals surface area (Å²) in [7, 11) is 0. The van der Waals surface area contributed by atoms with Gasteiger partial charge in [0.05, 0.1) is 12.7 Å². The van der Waals surface area contributed by atoms with Gasteiger partial charge in [0.1, 0.15) is 0 Å². The molecule has 1 aromatic heterocycles. The van der Waals surface area contributed by atoms with Gasteiger partial charge in [-0.05, 0) is 24.6 Å². The smallest absolute Gasteiger partial charge is 0.251 e. The molecule has 88 valence electrons. The molecule has 5 heteroatoms. The van der Waals surface area contributed by atoms with Crippen LogP contribution in [0.1, 0.15) is 21.7 Å². The fourth-order valence-electron chi connectivity index (χ4n) is 1.34. The van der Waals surface area contributed by atoms with Crippen molar-refractivity contribution in [3.8, 4) is 0 Å². The summed E-state index contributed by atoms with van der Waals surface area (Å²) in [5.74, 6) is 0.492. The number of amides is 1. The normalized spacial score (nSPS) is 10.2. The van der Waals surface area contributed by atoms with E-state index in [-0.39, 0.29) is 5.91 Å². The quantitative estimate of drug-likeness (QED) is 0.947. The molecule has 1 heterocycles. The number of nitrogens with zero attached hydrogens (tertiary/aromatic N) is 1. The van der Waals surface area contributed by atoms with Gasteiger partial charge in [0, 0.05) is 16.1 Å². The molecule has 2 rings (SSSR count). The van der Waals surface area contributed by atoms with Crippen LogP contribution in [-0.4, -0.2) is 11.1 Å². The van der Waals surface area contributed by atoms with Gasteiger partial charge in [-0.3, -0.25) is 4.79 Å². The van der Waals surface area contributed by atoms with Crippen LogP contribution in [0.25, 0.3) is 0 Å². The number of nitrogens with one attached hydrogen (secondary N) is 1. The predicted octanol–water partition coefficient (Wildman–Crippen LogP) is 2.68. The van der Waals surface area contributed by atoms with Crippen LogP contribution >= 0.6 is 15.9 Å². The van der Waals surface area contributed by atoms with Crippen molar-refractivity contribution in [1.29, 1.82) is 0 Å². The fourth-order valence-corrected chi connectivity index (χ4v) is 1.72. The third-order valence-electron chi connectivity index (χ3n) is 2.35. The Morgan fingerprint density at radius 2 is 2.29 bits per heavy atom. The second-order valence-electron chi connectivity index (χ2n) is 3.63. The predicted molar refractivity (Wildman–Crippen MR) is 66.6 cm³/mol. The molecule has 0 bridgehead atoms. The van der Waals surface area contributed by atoms with Gasteiger partial charge in [0.15, 0.2) is 5.76 Å². The molecule has 0 saturated heterocycles. The lowest BCUT2D eigenvalue weighted by molar-refractivity contribution is 0.0947. The molecule has 2 aromatic rings. The van der Waals surface area contributed by atoms with E-state index in [1.54, 1.807) is 24.4 Å². The molecule has 0 unspecified atom stereocenters. The first-order chi connectivity index (χ1) is 8.16. The van der Waals surface area contributed by atoms with E-state index in [1.807, 2.05) is 13.0 Å². The zero-order valence-electron chi connectivity index (χ0n) is 9.24. The minimum absolute atomic E-state index is 0.137. The van der Waals surface area contributed by atoms with Crippen LogP contribution < -0.4 is 5.32 Å². The number of hydrogen-bond acceptors (Lipinski definition) is 3. The second kappa shape index (κ2) is 5.14. The molecule has 1 amide bonds. The highest BCUT2D eigenvalue weighted by atomic mass is 79.9. The number of halogens is 1. The highest BCUT2D eigenvalue weighted by molar-refractivity contribution is 9.10. The van der Waals surface area contributed by atoms with Crippen LogP contribution in [0.15, 0.2) is 39.5 Å². The molecule has 0 aliphatic rings. The molecule has 0 spiro atoms. The first-order valence-corrected chi connectivity index (χ1v) is 5.90. The first-order valence-electron chi connectivity index (χ1n) is 5.11.